The van der Waals surface area contributed by atoms with Crippen molar-refractivity contribution in [1.29, 1.82) is 0 Å². The van der Waals surface area contributed by atoms with Crippen molar-refractivity contribution in [2.75, 3.05) is 13.1 Å². The number of nitrogens with zero attached hydrogens (tertiary/aromatic N) is 1. The predicted molar refractivity (Wildman–Crippen MR) is 52.9 cm³/mol. The van der Waals surface area contributed by atoms with E-state index in [0.717, 1.165) is 13.0 Å². The van der Waals surface area contributed by atoms with Crippen LogP contribution in [0.1, 0.15) is 39.0 Å². The quantitative estimate of drug-likeness (QED) is 0.598. The van der Waals surface area contributed by atoms with Crippen molar-refractivity contribution in [2.24, 2.45) is 10.8 Å². The molecule has 0 N–H and O–H groups in total. The molecule has 3 heteroatoms. The Balaban J connectivity index is 1.71. The van der Waals surface area contributed by atoms with Gasteiger partial charge in [-0.2, -0.15) is 0 Å². The fraction of sp³-hybridized carbons (Fsp3) is 1.00. The maximum atomic E-state index is 13.4. The molecule has 0 radical (unpaired) electrons. The van der Waals surface area contributed by atoms with Crippen LogP contribution in [0.4, 0.5) is 8.78 Å². The lowest BCUT2D eigenvalue weighted by Crippen LogP contribution is -2.40. The standard InChI is InChI=1S/C12H17F2N/c1-9-6-11(7-12(11,13)14)8-15(9)5-4-10(9)2-3-10/h2-8H2,1H3/t9-,11?/m1/s1. The first kappa shape index (κ1) is 8.91. The van der Waals surface area contributed by atoms with Gasteiger partial charge >= 0.3 is 0 Å². The molecule has 2 spiro atoms. The molecule has 4 rings (SSSR count). The van der Waals surface area contributed by atoms with Crippen LogP contribution in [-0.4, -0.2) is 29.5 Å². The molecule has 2 atom stereocenters. The molecular weight excluding hydrogens is 196 g/mol. The molecule has 15 heavy (non-hydrogen) atoms. The minimum absolute atomic E-state index is 0.118. The summed E-state index contributed by atoms with van der Waals surface area (Å²) in [7, 11) is 0. The summed E-state index contributed by atoms with van der Waals surface area (Å²) in [6, 6.07) is 0. The first-order valence-electron chi connectivity index (χ1n) is 6.06. The van der Waals surface area contributed by atoms with Crippen LogP contribution in [0.3, 0.4) is 0 Å². The summed E-state index contributed by atoms with van der Waals surface area (Å²) >= 11 is 0. The number of halogens is 2. The van der Waals surface area contributed by atoms with Gasteiger partial charge in [0.2, 0.25) is 0 Å². The van der Waals surface area contributed by atoms with E-state index in [1.54, 1.807) is 0 Å². The molecule has 2 saturated carbocycles. The van der Waals surface area contributed by atoms with Gasteiger partial charge in [0.1, 0.15) is 0 Å². The van der Waals surface area contributed by atoms with Crippen molar-refractivity contribution in [1.82, 2.24) is 4.90 Å². The molecule has 1 nitrogen and oxygen atoms in total. The number of hydrogen-bond acceptors (Lipinski definition) is 1. The van der Waals surface area contributed by atoms with Gasteiger partial charge in [0, 0.05) is 18.5 Å². The van der Waals surface area contributed by atoms with E-state index in [0.29, 0.717) is 12.0 Å². The Kier molecular flexibility index (Phi) is 1.18. The zero-order valence-electron chi connectivity index (χ0n) is 9.15. The van der Waals surface area contributed by atoms with Crippen LogP contribution >= 0.6 is 0 Å². The normalized spacial score (nSPS) is 53.8. The Labute approximate surface area is 88.8 Å². The first-order valence-corrected chi connectivity index (χ1v) is 6.06. The average molecular weight is 213 g/mol. The molecule has 2 heterocycles. The molecule has 2 aliphatic carbocycles. The molecule has 4 fully saturated rings. The summed E-state index contributed by atoms with van der Waals surface area (Å²) in [6.45, 7) is 3.97. The van der Waals surface area contributed by atoms with Gasteiger partial charge in [-0.15, -0.1) is 0 Å². The lowest BCUT2D eigenvalue weighted by Gasteiger charge is -2.33. The first-order chi connectivity index (χ1) is 6.93. The van der Waals surface area contributed by atoms with Crippen LogP contribution < -0.4 is 0 Å². The minimum atomic E-state index is -2.35. The van der Waals surface area contributed by atoms with Crippen LogP contribution in [-0.2, 0) is 0 Å². The highest BCUT2D eigenvalue weighted by Crippen LogP contribution is 2.75. The highest BCUT2D eigenvalue weighted by molar-refractivity contribution is 5.28. The van der Waals surface area contributed by atoms with Crippen molar-refractivity contribution in [2.45, 2.75) is 50.5 Å². The second-order valence-corrected chi connectivity index (χ2v) is 6.56. The second-order valence-electron chi connectivity index (χ2n) is 6.56. The minimum Gasteiger partial charge on any atom is -0.297 e. The number of fused-ring (bicyclic) bond motifs is 2. The van der Waals surface area contributed by atoms with Gasteiger partial charge in [-0.3, -0.25) is 4.90 Å². The molecule has 0 aromatic rings. The Hall–Kier alpha value is -0.180. The Morgan fingerprint density at radius 2 is 1.67 bits per heavy atom. The smallest absolute Gasteiger partial charge is 0.255 e. The maximum absolute atomic E-state index is 13.4. The molecule has 0 bridgehead atoms. The number of alkyl halides is 2. The van der Waals surface area contributed by atoms with Gasteiger partial charge < -0.3 is 0 Å². The van der Waals surface area contributed by atoms with Gasteiger partial charge in [-0.25, -0.2) is 8.78 Å². The summed E-state index contributed by atoms with van der Waals surface area (Å²) in [5.41, 5.74) is -0.0557. The van der Waals surface area contributed by atoms with Crippen molar-refractivity contribution < 1.29 is 8.78 Å². The van der Waals surface area contributed by atoms with Crippen molar-refractivity contribution in [3.05, 3.63) is 0 Å². The fourth-order valence-corrected chi connectivity index (χ4v) is 4.52. The topological polar surface area (TPSA) is 3.24 Å². The summed E-state index contributed by atoms with van der Waals surface area (Å²) < 4.78 is 26.8. The van der Waals surface area contributed by atoms with Gasteiger partial charge in [0.15, 0.2) is 0 Å². The van der Waals surface area contributed by atoms with E-state index in [1.165, 1.54) is 19.3 Å². The lowest BCUT2D eigenvalue weighted by molar-refractivity contribution is 0.0646. The summed E-state index contributed by atoms with van der Waals surface area (Å²) in [4.78, 5) is 2.38. The average Bonchev–Trinajstić information content (AvgIpc) is 2.93. The van der Waals surface area contributed by atoms with Crippen LogP contribution in [0.15, 0.2) is 0 Å². The van der Waals surface area contributed by atoms with Crippen molar-refractivity contribution in [3.8, 4) is 0 Å². The van der Waals surface area contributed by atoms with E-state index in [2.05, 4.69) is 11.8 Å². The number of hydrogen-bond donors (Lipinski definition) is 0. The van der Waals surface area contributed by atoms with E-state index >= 15 is 0 Å². The summed E-state index contributed by atoms with van der Waals surface area (Å²) in [6.07, 6.45) is 4.73. The Bertz CT molecular complexity index is 350. The molecule has 2 aliphatic heterocycles. The van der Waals surface area contributed by atoms with E-state index in [1.807, 2.05) is 0 Å². The lowest BCUT2D eigenvalue weighted by atomic mass is 9.79. The number of rotatable bonds is 0. The molecular formula is C12H17F2N. The summed E-state index contributed by atoms with van der Waals surface area (Å²) in [5, 5.41) is 0. The monoisotopic (exact) mass is 213 g/mol. The molecule has 0 aromatic heterocycles. The third-order valence-electron chi connectivity index (χ3n) is 5.94. The van der Waals surface area contributed by atoms with Crippen LogP contribution in [0.2, 0.25) is 0 Å². The van der Waals surface area contributed by atoms with Gasteiger partial charge in [0.05, 0.1) is 5.41 Å². The van der Waals surface area contributed by atoms with E-state index < -0.39 is 11.3 Å². The molecule has 1 unspecified atom stereocenters. The van der Waals surface area contributed by atoms with Crippen molar-refractivity contribution >= 4 is 0 Å². The largest absolute Gasteiger partial charge is 0.297 e. The highest BCUT2D eigenvalue weighted by atomic mass is 19.3. The van der Waals surface area contributed by atoms with Crippen LogP contribution in [0.5, 0.6) is 0 Å². The van der Waals surface area contributed by atoms with E-state index in [-0.39, 0.29) is 12.0 Å². The third kappa shape index (κ3) is 0.778. The zero-order valence-corrected chi connectivity index (χ0v) is 9.15. The van der Waals surface area contributed by atoms with Gasteiger partial charge in [-0.1, -0.05) is 0 Å². The molecule has 2 saturated heterocycles. The molecule has 4 aliphatic rings. The molecule has 0 amide bonds. The molecule has 84 valence electrons. The van der Waals surface area contributed by atoms with Gasteiger partial charge in [-0.05, 0) is 44.6 Å². The summed E-state index contributed by atoms with van der Waals surface area (Å²) in [5.74, 6) is -2.35. The van der Waals surface area contributed by atoms with E-state index in [9.17, 15) is 8.78 Å². The van der Waals surface area contributed by atoms with E-state index in [4.69, 9.17) is 0 Å². The maximum Gasteiger partial charge on any atom is 0.255 e. The third-order valence-corrected chi connectivity index (χ3v) is 5.94. The van der Waals surface area contributed by atoms with Crippen LogP contribution in [0.25, 0.3) is 0 Å². The zero-order chi connectivity index (χ0) is 10.5. The molecule has 0 aromatic carbocycles. The fourth-order valence-electron chi connectivity index (χ4n) is 4.52. The Morgan fingerprint density at radius 3 is 2.20 bits per heavy atom. The van der Waals surface area contributed by atoms with Crippen molar-refractivity contribution in [3.63, 3.8) is 0 Å². The van der Waals surface area contributed by atoms with Crippen LogP contribution in [0, 0.1) is 10.8 Å². The SMILES string of the molecule is C[C@]12CC3(CN1CCC21CC1)CC3(F)F. The van der Waals surface area contributed by atoms with Gasteiger partial charge in [0.25, 0.3) is 5.92 Å². The second kappa shape index (κ2) is 1.99. The predicted octanol–water partition coefficient (Wildman–Crippen LogP) is 2.66. The highest BCUT2D eigenvalue weighted by Gasteiger charge is 2.80. The Morgan fingerprint density at radius 1 is 1.00 bits per heavy atom.